The fourth-order valence-electron chi connectivity index (χ4n) is 2.71. The van der Waals surface area contributed by atoms with E-state index in [9.17, 15) is 4.79 Å². The topological polar surface area (TPSA) is 94.6 Å². The van der Waals surface area contributed by atoms with Gasteiger partial charge in [-0.1, -0.05) is 6.07 Å². The van der Waals surface area contributed by atoms with Gasteiger partial charge in [0.25, 0.3) is 5.91 Å². The SMILES string of the molecule is COc1cccc(Nc2cc(C(=O)Nc3ccc4c(c3)OCCO4)ncn2)c1. The zero-order valence-corrected chi connectivity index (χ0v) is 15.1. The van der Waals surface area contributed by atoms with Gasteiger partial charge in [0, 0.05) is 29.6 Å². The van der Waals surface area contributed by atoms with Crippen LogP contribution < -0.4 is 24.8 Å². The Balaban J connectivity index is 1.48. The van der Waals surface area contributed by atoms with Crippen LogP contribution in [0.15, 0.2) is 54.9 Å². The molecule has 1 aliphatic rings. The normalized spacial score (nSPS) is 12.2. The zero-order chi connectivity index (χ0) is 19.3. The van der Waals surface area contributed by atoms with Gasteiger partial charge < -0.3 is 24.8 Å². The highest BCUT2D eigenvalue weighted by atomic mass is 16.6. The third-order valence-corrected chi connectivity index (χ3v) is 4.04. The summed E-state index contributed by atoms with van der Waals surface area (Å²) in [6, 6.07) is 14.2. The summed E-state index contributed by atoms with van der Waals surface area (Å²) in [5.74, 6) is 2.13. The van der Waals surface area contributed by atoms with Gasteiger partial charge in [0.2, 0.25) is 0 Å². The van der Waals surface area contributed by atoms with Gasteiger partial charge in [0.15, 0.2) is 11.5 Å². The third kappa shape index (κ3) is 3.96. The molecule has 0 saturated heterocycles. The number of nitrogens with zero attached hydrogens (tertiary/aromatic N) is 2. The summed E-state index contributed by atoms with van der Waals surface area (Å²) in [4.78, 5) is 20.8. The second-order valence-corrected chi connectivity index (χ2v) is 5.96. The van der Waals surface area contributed by atoms with Gasteiger partial charge in [-0.3, -0.25) is 4.79 Å². The van der Waals surface area contributed by atoms with E-state index in [0.717, 1.165) is 11.4 Å². The van der Waals surface area contributed by atoms with Crippen LogP contribution in [-0.2, 0) is 0 Å². The molecular weight excluding hydrogens is 360 g/mol. The molecule has 4 rings (SSSR count). The largest absolute Gasteiger partial charge is 0.497 e. The van der Waals surface area contributed by atoms with E-state index in [1.165, 1.54) is 6.33 Å². The van der Waals surface area contributed by atoms with E-state index in [2.05, 4.69) is 20.6 Å². The van der Waals surface area contributed by atoms with E-state index in [1.807, 2.05) is 24.3 Å². The zero-order valence-electron chi connectivity index (χ0n) is 15.1. The molecule has 0 spiro atoms. The first kappa shape index (κ1) is 17.6. The number of rotatable bonds is 5. The molecule has 0 unspecified atom stereocenters. The number of hydrogen-bond donors (Lipinski definition) is 2. The van der Waals surface area contributed by atoms with Gasteiger partial charge >= 0.3 is 0 Å². The number of carbonyl (C=O) groups is 1. The molecule has 2 heterocycles. The lowest BCUT2D eigenvalue weighted by Crippen LogP contribution is -2.17. The highest BCUT2D eigenvalue weighted by Gasteiger charge is 2.14. The van der Waals surface area contributed by atoms with Crippen LogP contribution >= 0.6 is 0 Å². The van der Waals surface area contributed by atoms with Crippen LogP contribution in [-0.4, -0.2) is 36.2 Å². The maximum Gasteiger partial charge on any atom is 0.274 e. The van der Waals surface area contributed by atoms with E-state index >= 15 is 0 Å². The lowest BCUT2D eigenvalue weighted by atomic mass is 10.2. The molecular formula is C20H18N4O4. The van der Waals surface area contributed by atoms with Gasteiger partial charge in [0.1, 0.15) is 36.8 Å². The first-order chi connectivity index (χ1) is 13.7. The number of carbonyl (C=O) groups excluding carboxylic acids is 1. The van der Waals surface area contributed by atoms with Crippen LogP contribution in [0.4, 0.5) is 17.2 Å². The number of anilines is 3. The summed E-state index contributed by atoms with van der Waals surface area (Å²) < 4.78 is 16.2. The number of fused-ring (bicyclic) bond motifs is 1. The Morgan fingerprint density at radius 3 is 2.71 bits per heavy atom. The number of methoxy groups -OCH3 is 1. The quantitative estimate of drug-likeness (QED) is 0.704. The minimum Gasteiger partial charge on any atom is -0.497 e. The second kappa shape index (κ2) is 7.83. The molecule has 0 radical (unpaired) electrons. The van der Waals surface area contributed by atoms with E-state index < -0.39 is 0 Å². The van der Waals surface area contributed by atoms with Crippen LogP contribution in [0.5, 0.6) is 17.2 Å². The molecule has 1 aromatic heterocycles. The van der Waals surface area contributed by atoms with Crippen LogP contribution in [0, 0.1) is 0 Å². The van der Waals surface area contributed by atoms with Crippen molar-refractivity contribution in [3.63, 3.8) is 0 Å². The van der Waals surface area contributed by atoms with Crippen molar-refractivity contribution in [1.82, 2.24) is 9.97 Å². The molecule has 1 aliphatic heterocycles. The molecule has 0 bridgehead atoms. The van der Waals surface area contributed by atoms with E-state index in [0.29, 0.717) is 36.2 Å². The van der Waals surface area contributed by atoms with Crippen molar-refractivity contribution in [2.75, 3.05) is 31.0 Å². The van der Waals surface area contributed by atoms with E-state index in [4.69, 9.17) is 14.2 Å². The molecule has 0 fully saturated rings. The first-order valence-electron chi connectivity index (χ1n) is 8.65. The Hall–Kier alpha value is -3.81. The molecule has 0 atom stereocenters. The molecule has 1 amide bonds. The smallest absolute Gasteiger partial charge is 0.274 e. The third-order valence-electron chi connectivity index (χ3n) is 4.04. The molecule has 2 aromatic carbocycles. The van der Waals surface area contributed by atoms with Gasteiger partial charge in [-0.15, -0.1) is 0 Å². The van der Waals surface area contributed by atoms with Gasteiger partial charge in [-0.25, -0.2) is 9.97 Å². The Morgan fingerprint density at radius 2 is 1.86 bits per heavy atom. The number of benzene rings is 2. The Kier molecular flexibility index (Phi) is 4.92. The van der Waals surface area contributed by atoms with Gasteiger partial charge in [-0.2, -0.15) is 0 Å². The van der Waals surface area contributed by atoms with Crippen molar-refractivity contribution in [1.29, 1.82) is 0 Å². The fourth-order valence-corrected chi connectivity index (χ4v) is 2.71. The van der Waals surface area contributed by atoms with Crippen molar-refractivity contribution >= 4 is 23.1 Å². The molecule has 2 N–H and O–H groups in total. The summed E-state index contributed by atoms with van der Waals surface area (Å²) in [6.45, 7) is 0.998. The first-order valence-corrected chi connectivity index (χ1v) is 8.65. The van der Waals surface area contributed by atoms with Crippen LogP contribution in [0.1, 0.15) is 10.5 Å². The van der Waals surface area contributed by atoms with Gasteiger partial charge in [-0.05, 0) is 24.3 Å². The Labute approximate surface area is 161 Å². The van der Waals surface area contributed by atoms with Crippen molar-refractivity contribution in [2.24, 2.45) is 0 Å². The standard InChI is InChI=1S/C20H18N4O4/c1-26-15-4-2-3-13(9-15)23-19-11-16(21-12-22-19)20(25)24-14-5-6-17-18(10-14)28-8-7-27-17/h2-6,9-12H,7-8H2,1H3,(H,24,25)(H,21,22,23). The van der Waals surface area contributed by atoms with E-state index in [1.54, 1.807) is 31.4 Å². The maximum atomic E-state index is 12.6. The molecule has 8 nitrogen and oxygen atoms in total. The number of nitrogens with one attached hydrogen (secondary N) is 2. The Bertz CT molecular complexity index is 1010. The highest BCUT2D eigenvalue weighted by molar-refractivity contribution is 6.03. The molecule has 0 saturated carbocycles. The summed E-state index contributed by atoms with van der Waals surface area (Å²) in [7, 11) is 1.60. The summed E-state index contributed by atoms with van der Waals surface area (Å²) >= 11 is 0. The average molecular weight is 378 g/mol. The van der Waals surface area contributed by atoms with Crippen molar-refractivity contribution in [3.8, 4) is 17.2 Å². The molecule has 28 heavy (non-hydrogen) atoms. The van der Waals surface area contributed by atoms with Crippen LogP contribution in [0.2, 0.25) is 0 Å². The van der Waals surface area contributed by atoms with Crippen molar-refractivity contribution in [3.05, 3.63) is 60.6 Å². The van der Waals surface area contributed by atoms with Crippen molar-refractivity contribution < 1.29 is 19.0 Å². The Morgan fingerprint density at radius 1 is 1.00 bits per heavy atom. The summed E-state index contributed by atoms with van der Waals surface area (Å²) in [6.07, 6.45) is 1.33. The lowest BCUT2D eigenvalue weighted by Gasteiger charge is -2.19. The monoisotopic (exact) mass is 378 g/mol. The predicted octanol–water partition coefficient (Wildman–Crippen LogP) is 3.25. The van der Waals surface area contributed by atoms with Gasteiger partial charge in [0.05, 0.1) is 7.11 Å². The second-order valence-electron chi connectivity index (χ2n) is 5.96. The number of hydrogen-bond acceptors (Lipinski definition) is 7. The summed E-state index contributed by atoms with van der Waals surface area (Å²) in [5, 5.41) is 5.94. The number of amides is 1. The summed E-state index contributed by atoms with van der Waals surface area (Å²) in [5.41, 5.74) is 1.61. The lowest BCUT2D eigenvalue weighted by molar-refractivity contribution is 0.102. The minimum absolute atomic E-state index is 0.232. The van der Waals surface area contributed by atoms with Crippen LogP contribution in [0.25, 0.3) is 0 Å². The molecule has 3 aromatic rings. The average Bonchev–Trinajstić information content (AvgIpc) is 2.74. The fraction of sp³-hybridized carbons (Fsp3) is 0.150. The predicted molar refractivity (Wildman–Crippen MR) is 104 cm³/mol. The minimum atomic E-state index is -0.354. The highest BCUT2D eigenvalue weighted by Crippen LogP contribution is 2.32. The molecule has 0 aliphatic carbocycles. The number of ether oxygens (including phenoxy) is 3. The molecule has 8 heteroatoms. The van der Waals surface area contributed by atoms with E-state index in [-0.39, 0.29) is 11.6 Å². The molecule has 142 valence electrons. The number of aromatic nitrogens is 2. The van der Waals surface area contributed by atoms with Crippen molar-refractivity contribution in [2.45, 2.75) is 0 Å². The van der Waals surface area contributed by atoms with Crippen LogP contribution in [0.3, 0.4) is 0 Å². The maximum absolute atomic E-state index is 12.6.